The van der Waals surface area contributed by atoms with Crippen LogP contribution in [0.25, 0.3) is 16.7 Å². The number of nitrogens with zero attached hydrogens (tertiary/aromatic N) is 6. The Morgan fingerprint density at radius 2 is 1.89 bits per heavy atom. The lowest BCUT2D eigenvalue weighted by Crippen LogP contribution is -2.22. The number of β-amino-alcohol motifs (C(OH)–C–C–N with tert-alkyl or cyclic N) is 2. The second-order valence-electron chi connectivity index (χ2n) is 10.3. The Hall–Kier alpha value is -3.60. The molecule has 0 bridgehead atoms. The molecule has 0 amide bonds. The van der Waals surface area contributed by atoms with E-state index >= 15 is 0 Å². The van der Waals surface area contributed by atoms with Crippen LogP contribution in [0.4, 0.5) is 11.6 Å². The van der Waals surface area contributed by atoms with Gasteiger partial charge in [0, 0.05) is 84.5 Å². The number of Topliss-reactive ketones (excluding diaryl/α,β-unsaturated/α-hetero) is 1. The summed E-state index contributed by atoms with van der Waals surface area (Å²) in [4.78, 5) is 24.1. The van der Waals surface area contributed by atoms with Crippen LogP contribution >= 0.6 is 0 Å². The highest BCUT2D eigenvalue weighted by atomic mass is 16.3. The lowest BCUT2D eigenvalue weighted by molar-refractivity contribution is 0.0572. The molecule has 1 aliphatic heterocycles. The zero-order valence-electron chi connectivity index (χ0n) is 21.2. The molecule has 2 aliphatic rings. The monoisotopic (exact) mass is 501 g/mol. The van der Waals surface area contributed by atoms with Crippen LogP contribution in [-0.2, 0) is 13.6 Å². The first-order chi connectivity index (χ1) is 17.8. The van der Waals surface area contributed by atoms with Crippen LogP contribution in [0.2, 0.25) is 0 Å². The van der Waals surface area contributed by atoms with Gasteiger partial charge in [-0.25, -0.2) is 9.67 Å². The fraction of sp³-hybridized carbons (Fsp3) is 0.407. The molecular formula is C27H31N7O3. The molecule has 4 heterocycles. The summed E-state index contributed by atoms with van der Waals surface area (Å²) in [7, 11) is 2.00. The Bertz CT molecular complexity index is 1490. The molecule has 192 valence electrons. The summed E-state index contributed by atoms with van der Waals surface area (Å²) in [5.41, 5.74) is 5.51. The molecule has 2 fully saturated rings. The highest BCUT2D eigenvalue weighted by molar-refractivity contribution is 6.11. The molecule has 6 rings (SSSR count). The molecule has 1 saturated carbocycles. The van der Waals surface area contributed by atoms with E-state index in [0.29, 0.717) is 31.4 Å². The van der Waals surface area contributed by atoms with Gasteiger partial charge in [0.1, 0.15) is 0 Å². The van der Waals surface area contributed by atoms with Gasteiger partial charge in [-0.15, -0.1) is 0 Å². The van der Waals surface area contributed by atoms with E-state index in [1.54, 1.807) is 16.9 Å². The Balaban J connectivity index is 1.25. The van der Waals surface area contributed by atoms with Crippen molar-refractivity contribution in [2.24, 2.45) is 13.0 Å². The maximum atomic E-state index is 13.0. The smallest absolute Gasteiger partial charge is 0.229 e. The first kappa shape index (κ1) is 23.8. The van der Waals surface area contributed by atoms with Crippen LogP contribution in [0.3, 0.4) is 0 Å². The van der Waals surface area contributed by atoms with E-state index in [1.165, 1.54) is 0 Å². The van der Waals surface area contributed by atoms with Crippen molar-refractivity contribution in [1.29, 1.82) is 0 Å². The topological polar surface area (TPSA) is 121 Å². The van der Waals surface area contributed by atoms with Crippen molar-refractivity contribution in [2.45, 2.75) is 45.4 Å². The molecule has 2 atom stereocenters. The van der Waals surface area contributed by atoms with Crippen molar-refractivity contribution in [3.05, 3.63) is 59.2 Å². The maximum Gasteiger partial charge on any atom is 0.229 e. The summed E-state index contributed by atoms with van der Waals surface area (Å²) < 4.78 is 3.80. The summed E-state index contributed by atoms with van der Waals surface area (Å²) in [6, 6.07) is 7.79. The summed E-state index contributed by atoms with van der Waals surface area (Å²) in [5, 5.41) is 28.5. The van der Waals surface area contributed by atoms with Gasteiger partial charge in [-0.05, 0) is 44.9 Å². The van der Waals surface area contributed by atoms with Crippen LogP contribution in [0.1, 0.15) is 40.2 Å². The number of aromatic nitrogens is 5. The van der Waals surface area contributed by atoms with Crippen molar-refractivity contribution in [2.75, 3.05) is 18.4 Å². The number of hydrogen-bond donors (Lipinski definition) is 3. The molecule has 1 saturated heterocycles. The van der Waals surface area contributed by atoms with Crippen LogP contribution in [0.5, 0.6) is 0 Å². The molecule has 0 radical (unpaired) electrons. The quantitative estimate of drug-likeness (QED) is 0.331. The van der Waals surface area contributed by atoms with E-state index < -0.39 is 12.2 Å². The van der Waals surface area contributed by atoms with Crippen LogP contribution < -0.4 is 5.32 Å². The fourth-order valence-corrected chi connectivity index (χ4v) is 5.16. The SMILES string of the molecule is Cc1nn(-c2ccnc(Nc3ccc4c(c3)c(C(=O)C3CC3)c(C)n4C)n2)cc1CN1C[C@H](O)[C@@H](O)C1. The number of carbonyl (C=O) groups excluding carboxylic acids is 1. The summed E-state index contributed by atoms with van der Waals surface area (Å²) in [6.07, 6.45) is 4.13. The number of ketones is 1. The van der Waals surface area contributed by atoms with E-state index in [0.717, 1.165) is 51.9 Å². The number of aryl methyl sites for hydroxylation is 2. The minimum atomic E-state index is -0.715. The van der Waals surface area contributed by atoms with E-state index in [4.69, 9.17) is 0 Å². The van der Waals surface area contributed by atoms with Gasteiger partial charge in [0.15, 0.2) is 11.6 Å². The van der Waals surface area contributed by atoms with Gasteiger partial charge in [0.2, 0.25) is 5.95 Å². The lowest BCUT2D eigenvalue weighted by Gasteiger charge is -2.13. The van der Waals surface area contributed by atoms with E-state index in [9.17, 15) is 15.0 Å². The van der Waals surface area contributed by atoms with E-state index in [1.807, 2.05) is 50.2 Å². The molecule has 10 nitrogen and oxygen atoms in total. The number of hydrogen-bond acceptors (Lipinski definition) is 8. The fourth-order valence-electron chi connectivity index (χ4n) is 5.16. The number of fused-ring (bicyclic) bond motifs is 1. The molecule has 0 spiro atoms. The van der Waals surface area contributed by atoms with Crippen LogP contribution in [0, 0.1) is 19.8 Å². The summed E-state index contributed by atoms with van der Waals surface area (Å²) >= 11 is 0. The van der Waals surface area contributed by atoms with Crippen molar-refractivity contribution >= 4 is 28.3 Å². The number of anilines is 2. The molecule has 0 unspecified atom stereocenters. The van der Waals surface area contributed by atoms with Gasteiger partial charge >= 0.3 is 0 Å². The molecule has 4 aromatic rings. The van der Waals surface area contributed by atoms with Gasteiger partial charge in [-0.1, -0.05) is 0 Å². The number of aliphatic hydroxyl groups excluding tert-OH is 2. The zero-order chi connectivity index (χ0) is 25.8. The van der Waals surface area contributed by atoms with E-state index in [2.05, 4.69) is 25.0 Å². The van der Waals surface area contributed by atoms with Gasteiger partial charge < -0.3 is 20.1 Å². The van der Waals surface area contributed by atoms with Crippen molar-refractivity contribution in [3.63, 3.8) is 0 Å². The largest absolute Gasteiger partial charge is 0.389 e. The Kier molecular flexibility index (Phi) is 5.82. The van der Waals surface area contributed by atoms with Crippen LogP contribution in [-0.4, -0.2) is 70.5 Å². The maximum absolute atomic E-state index is 13.0. The van der Waals surface area contributed by atoms with Crippen molar-refractivity contribution in [3.8, 4) is 5.82 Å². The molecule has 1 aromatic carbocycles. The molecule has 1 aliphatic carbocycles. The Morgan fingerprint density at radius 1 is 1.14 bits per heavy atom. The predicted octanol–water partition coefficient (Wildman–Crippen LogP) is 2.64. The Labute approximate surface area is 214 Å². The van der Waals surface area contributed by atoms with Gasteiger partial charge in [-0.2, -0.15) is 10.1 Å². The lowest BCUT2D eigenvalue weighted by atomic mass is 10.0. The number of nitrogens with one attached hydrogen (secondary N) is 1. The van der Waals surface area contributed by atoms with Gasteiger partial charge in [0.05, 0.1) is 17.9 Å². The van der Waals surface area contributed by atoms with E-state index in [-0.39, 0.29) is 11.7 Å². The second kappa shape index (κ2) is 9.05. The normalized spacial score (nSPS) is 20.1. The average Bonchev–Trinajstić information content (AvgIpc) is 3.54. The molecular weight excluding hydrogens is 470 g/mol. The molecule has 10 heteroatoms. The highest BCUT2D eigenvalue weighted by Gasteiger charge is 2.33. The van der Waals surface area contributed by atoms with Gasteiger partial charge in [0.25, 0.3) is 0 Å². The second-order valence-corrected chi connectivity index (χ2v) is 10.3. The predicted molar refractivity (Wildman–Crippen MR) is 139 cm³/mol. The first-order valence-electron chi connectivity index (χ1n) is 12.7. The third-order valence-corrected chi connectivity index (χ3v) is 7.55. The minimum absolute atomic E-state index is 0.156. The average molecular weight is 502 g/mol. The number of benzene rings is 1. The van der Waals surface area contributed by atoms with Crippen molar-refractivity contribution < 1.29 is 15.0 Å². The number of aliphatic hydroxyl groups is 2. The number of likely N-dealkylation sites (tertiary alicyclic amines) is 1. The van der Waals surface area contributed by atoms with Gasteiger partial charge in [-0.3, -0.25) is 9.69 Å². The summed E-state index contributed by atoms with van der Waals surface area (Å²) in [6.45, 7) is 5.41. The summed E-state index contributed by atoms with van der Waals surface area (Å²) in [5.74, 6) is 1.44. The number of carbonyl (C=O) groups is 1. The first-order valence-corrected chi connectivity index (χ1v) is 12.7. The number of rotatable bonds is 7. The third-order valence-electron chi connectivity index (χ3n) is 7.55. The Morgan fingerprint density at radius 3 is 2.62 bits per heavy atom. The highest BCUT2D eigenvalue weighted by Crippen LogP contribution is 2.37. The van der Waals surface area contributed by atoms with Crippen molar-refractivity contribution in [1.82, 2.24) is 29.2 Å². The molecule has 37 heavy (non-hydrogen) atoms. The minimum Gasteiger partial charge on any atom is -0.389 e. The third kappa shape index (κ3) is 4.41. The standard InChI is InChI=1S/C27H31N7O3/c1-15-18(11-33-13-22(35)23(36)14-33)12-34(31-15)24-8-9-28-27(30-24)29-19-6-7-21-20(10-19)25(16(2)32(21)3)26(37)17-4-5-17/h6-10,12,17,22-23,35-36H,4-5,11,13-14H2,1-3H3,(H,28,29,30)/t22-,23-/m0/s1. The molecule has 3 N–H and O–H groups in total. The molecule has 3 aromatic heterocycles. The van der Waals surface area contributed by atoms with Crippen LogP contribution in [0.15, 0.2) is 36.7 Å². The zero-order valence-corrected chi connectivity index (χ0v) is 21.2.